The lowest BCUT2D eigenvalue weighted by atomic mass is 9.43. The number of carboxylic acids is 3. The lowest BCUT2D eigenvalue weighted by Gasteiger charge is -2.68. The molecule has 2 bridgehead atoms. The number of carbonyl (C=O) groups excluding carboxylic acids is 9. The Labute approximate surface area is 557 Å². The predicted molar refractivity (Wildman–Crippen MR) is 342 cm³/mol. The summed E-state index contributed by atoms with van der Waals surface area (Å²) in [5, 5.41) is 47.0. The van der Waals surface area contributed by atoms with Gasteiger partial charge in [0, 0.05) is 69.6 Å². The summed E-state index contributed by atoms with van der Waals surface area (Å²) in [7, 11) is 2.92. The number of aliphatic carboxylic acids is 3. The van der Waals surface area contributed by atoms with Gasteiger partial charge in [0.05, 0.1) is 53.6 Å². The normalized spacial score (nSPS) is 25.5. The molecule has 13 atom stereocenters. The van der Waals surface area contributed by atoms with Crippen molar-refractivity contribution in [3.63, 3.8) is 0 Å². The average molecular weight is 1360 g/mol. The van der Waals surface area contributed by atoms with Crippen molar-refractivity contribution >= 4 is 97.7 Å². The molecule has 1 heterocycles. The number of benzene rings is 3. The van der Waals surface area contributed by atoms with Crippen molar-refractivity contribution in [1.29, 1.82) is 0 Å². The maximum Gasteiger partial charge on any atom is 0.408 e. The standard InChI is InChI=1S/C68H82N2O23S2/c1-36-46(33-68(86)58(91-61(83)41-19-15-12-16-20-41)56-66(9,57(78)37(2)53(36)65(68,7)8)47(87-10)32-48-67(56,35-88-48)92-38(3)71)89-62(84)55(54(40-17-13-11-14-18-40)70-63(85)93-64(4,5)6)90-51(76)27-28-52(77)95-94-34-49(73)69-44-24-21-39(22-25-44)29-43(60(81)82)31-45(72)30-42(59(79)80)23-26-50(74)75/h11-22,24-25,37,42-43,46-48,54-56,58,86H,23,26-35H2,1-10H3,(H,69,73)(H,70,85)(H,74,75)(H,79,80)(H,81,82)/t37-,42-,43-,46+,47+,48-,54+,55-,56+,58+,66-,67+,68-/m1/s1. The largest absolute Gasteiger partial charge is 0.481 e. The Morgan fingerprint density at radius 2 is 1.43 bits per heavy atom. The number of methoxy groups -OCH3 is 1. The third-order valence-corrected chi connectivity index (χ3v) is 20.5. The molecule has 0 aromatic heterocycles. The number of carbonyl (C=O) groups is 12. The number of hydrogen-bond donors (Lipinski definition) is 6. The van der Waals surface area contributed by atoms with Crippen LogP contribution in [0.5, 0.6) is 0 Å². The summed E-state index contributed by atoms with van der Waals surface area (Å²) in [5.74, 6) is -14.8. The van der Waals surface area contributed by atoms with Crippen molar-refractivity contribution in [3.8, 4) is 0 Å². The van der Waals surface area contributed by atoms with E-state index in [1.807, 2.05) is 0 Å². The van der Waals surface area contributed by atoms with Gasteiger partial charge in [0.15, 0.2) is 10.7 Å². The lowest BCUT2D eigenvalue weighted by Crippen LogP contribution is -2.81. The minimum Gasteiger partial charge on any atom is -0.481 e. The van der Waals surface area contributed by atoms with Crippen LogP contribution in [0.25, 0.3) is 0 Å². The van der Waals surface area contributed by atoms with Gasteiger partial charge in [-0.3, -0.25) is 43.2 Å². The summed E-state index contributed by atoms with van der Waals surface area (Å²) in [4.78, 5) is 161. The van der Waals surface area contributed by atoms with Crippen molar-refractivity contribution in [3.05, 3.63) is 113 Å². The fourth-order valence-electron chi connectivity index (χ4n) is 13.8. The number of amides is 2. The van der Waals surface area contributed by atoms with Gasteiger partial charge in [-0.15, -0.1) is 0 Å². The summed E-state index contributed by atoms with van der Waals surface area (Å²) in [6.45, 7) is 14.1. The van der Waals surface area contributed by atoms with E-state index in [2.05, 4.69) is 10.6 Å². The number of aliphatic hydroxyl groups is 1. The van der Waals surface area contributed by atoms with E-state index in [0.717, 1.165) is 10.8 Å². The van der Waals surface area contributed by atoms with Crippen molar-refractivity contribution in [2.75, 3.05) is 24.8 Å². The van der Waals surface area contributed by atoms with Gasteiger partial charge in [-0.05, 0) is 105 Å². The molecule has 3 aromatic rings. The van der Waals surface area contributed by atoms with Crippen molar-refractivity contribution < 1.29 is 111 Å². The lowest BCUT2D eigenvalue weighted by molar-refractivity contribution is -0.346. The molecule has 2 amide bonds. The molecule has 0 spiro atoms. The van der Waals surface area contributed by atoms with Gasteiger partial charge in [0.1, 0.15) is 47.1 Å². The molecule has 0 unspecified atom stereocenters. The smallest absolute Gasteiger partial charge is 0.408 e. The van der Waals surface area contributed by atoms with E-state index in [0.29, 0.717) is 33.2 Å². The van der Waals surface area contributed by atoms with E-state index in [1.165, 1.54) is 50.4 Å². The molecule has 514 valence electrons. The molecular formula is C68H82N2O23S2. The van der Waals surface area contributed by atoms with Crippen LogP contribution in [-0.4, -0.2) is 158 Å². The van der Waals surface area contributed by atoms with Gasteiger partial charge >= 0.3 is 47.9 Å². The van der Waals surface area contributed by atoms with Gasteiger partial charge in [-0.1, -0.05) is 92.2 Å². The second-order valence-corrected chi connectivity index (χ2v) is 28.5. The van der Waals surface area contributed by atoms with Gasteiger partial charge in [0.2, 0.25) is 12.0 Å². The fraction of sp³-hybridized carbons (Fsp3) is 0.529. The molecule has 25 nitrogen and oxygen atoms in total. The molecule has 27 heteroatoms. The molecule has 6 N–H and O–H groups in total. The zero-order chi connectivity index (χ0) is 70.1. The van der Waals surface area contributed by atoms with E-state index in [-0.39, 0.29) is 42.7 Å². The number of anilines is 1. The van der Waals surface area contributed by atoms with Gasteiger partial charge < -0.3 is 64.2 Å². The van der Waals surface area contributed by atoms with Crippen molar-refractivity contribution in [2.45, 2.75) is 173 Å². The molecule has 7 rings (SSSR count). The highest BCUT2D eigenvalue weighted by Crippen LogP contribution is 2.65. The summed E-state index contributed by atoms with van der Waals surface area (Å²) in [6.07, 6.45) is -11.6. The molecule has 95 heavy (non-hydrogen) atoms. The number of carboxylic acid groups (broad SMARTS) is 3. The summed E-state index contributed by atoms with van der Waals surface area (Å²) >= 11 is 0. The van der Waals surface area contributed by atoms with Crippen LogP contribution in [0.2, 0.25) is 0 Å². The minimum absolute atomic E-state index is 0.0813. The van der Waals surface area contributed by atoms with E-state index in [9.17, 15) is 63.3 Å². The fourth-order valence-corrected chi connectivity index (χ4v) is 15.5. The second kappa shape index (κ2) is 30.8. The Morgan fingerprint density at radius 1 is 0.811 bits per heavy atom. The minimum atomic E-state index is -2.32. The van der Waals surface area contributed by atoms with Gasteiger partial charge in [-0.2, -0.15) is 0 Å². The topological polar surface area (TPSA) is 374 Å². The summed E-state index contributed by atoms with van der Waals surface area (Å²) in [5.41, 5.74) is -6.49. The third-order valence-electron chi connectivity index (χ3n) is 18.3. The first-order chi connectivity index (χ1) is 44.6. The van der Waals surface area contributed by atoms with Crippen LogP contribution >= 0.6 is 21.6 Å². The van der Waals surface area contributed by atoms with E-state index < -0.39 is 197 Å². The molecule has 2 saturated carbocycles. The summed E-state index contributed by atoms with van der Waals surface area (Å²) < 4.78 is 43.1. The van der Waals surface area contributed by atoms with Crippen LogP contribution in [0.4, 0.5) is 10.5 Å². The van der Waals surface area contributed by atoms with Crippen LogP contribution in [0.1, 0.15) is 141 Å². The molecule has 0 radical (unpaired) electrons. The Morgan fingerprint density at radius 3 is 2.00 bits per heavy atom. The summed E-state index contributed by atoms with van der Waals surface area (Å²) in [6, 6.07) is 20.4. The van der Waals surface area contributed by atoms with E-state index >= 15 is 9.59 Å². The number of rotatable bonds is 28. The Hall–Kier alpha value is -7.98. The number of fused-ring (bicyclic) bond motifs is 5. The highest BCUT2D eigenvalue weighted by molar-refractivity contribution is 8.82. The maximum atomic E-state index is 15.8. The maximum absolute atomic E-state index is 15.8. The monoisotopic (exact) mass is 1360 g/mol. The van der Waals surface area contributed by atoms with Crippen LogP contribution in [0.3, 0.4) is 0 Å². The first-order valence-corrected chi connectivity index (χ1v) is 33.3. The van der Waals surface area contributed by atoms with Gasteiger partial charge in [0.25, 0.3) is 0 Å². The predicted octanol–water partition coefficient (Wildman–Crippen LogP) is 8.22. The number of Topliss-reactive ketones (excluding diaryl/α,β-unsaturated/α-hetero) is 2. The first kappa shape index (κ1) is 74.4. The van der Waals surface area contributed by atoms with E-state index in [4.69, 9.17) is 38.3 Å². The third kappa shape index (κ3) is 17.2. The quantitative estimate of drug-likeness (QED) is 0.0172. The highest BCUT2D eigenvalue weighted by Gasteiger charge is 2.78. The molecular weight excluding hydrogens is 1280 g/mol. The number of ether oxygens (including phenoxy) is 7. The zero-order valence-corrected chi connectivity index (χ0v) is 56.1. The number of alkyl carbamates (subject to hydrolysis) is 1. The first-order valence-electron chi connectivity index (χ1n) is 31.0. The van der Waals surface area contributed by atoms with Crippen LogP contribution in [0.15, 0.2) is 96.1 Å². The highest BCUT2D eigenvalue weighted by atomic mass is 33.1. The number of nitrogens with one attached hydrogen (secondary N) is 2. The second-order valence-electron chi connectivity index (χ2n) is 26.2. The average Bonchev–Trinajstić information content (AvgIpc) is 0.670. The van der Waals surface area contributed by atoms with Crippen molar-refractivity contribution in [2.24, 2.45) is 34.5 Å². The van der Waals surface area contributed by atoms with Crippen molar-refractivity contribution in [1.82, 2.24) is 5.32 Å². The number of hydrogen-bond acceptors (Lipinski definition) is 22. The number of ketones is 2. The Balaban J connectivity index is 1.11. The molecule has 1 aliphatic heterocycles. The van der Waals surface area contributed by atoms with Crippen LogP contribution < -0.4 is 10.6 Å². The van der Waals surface area contributed by atoms with Gasteiger partial charge in [-0.25, -0.2) is 14.4 Å². The molecule has 4 aliphatic rings. The molecule has 3 fully saturated rings. The number of esters is 4. The van der Waals surface area contributed by atoms with Crippen LogP contribution in [0, 0.1) is 34.5 Å². The van der Waals surface area contributed by atoms with E-state index in [1.54, 1.807) is 104 Å². The Kier molecular flexibility index (Phi) is 24.1. The molecule has 3 aromatic carbocycles. The Bertz CT molecular complexity index is 3440. The van der Waals surface area contributed by atoms with Crippen LogP contribution in [-0.2, 0) is 87.5 Å². The molecule has 3 aliphatic carbocycles. The molecule has 1 saturated heterocycles. The SMILES string of the molecule is CO[C@H]1C[C@H]2OC[C@@]2(OC(C)=O)[C@H]2[C@H](OC(=O)c3ccccc3)[C@]3(O)C[C@H](OC(=O)[C@H](OC(=O)CCC(=O)SSCC(=O)Nc4ccc(C[C@H](CC(=O)C[C@@H](CCC(=O)O)C(=O)O)C(=O)O)cc4)[C@@H](NC(=O)OC(C)(C)C)c4ccccc4)C(C)=C([C@@H](C)C(=O)[C@]12C)C3(C)C. The zero-order valence-electron chi connectivity index (χ0n) is 54.5.